The molecule has 0 aromatic heterocycles. The third-order valence-corrected chi connectivity index (χ3v) is 3.50. The van der Waals surface area contributed by atoms with Crippen molar-refractivity contribution in [2.24, 2.45) is 0 Å². The normalized spacial score (nSPS) is 23.8. The van der Waals surface area contributed by atoms with Crippen molar-refractivity contribution < 1.29 is 61.2 Å². The molecular formula is C9H13N4NaO7S. The first kappa shape index (κ1) is 19.1. The van der Waals surface area contributed by atoms with Crippen LogP contribution in [-0.4, -0.2) is 59.4 Å². The van der Waals surface area contributed by atoms with E-state index in [1.54, 1.807) is 0 Å². The van der Waals surface area contributed by atoms with Crippen LogP contribution in [0.15, 0.2) is 0 Å². The Morgan fingerprint density at radius 3 is 2.50 bits per heavy atom. The van der Waals surface area contributed by atoms with Crippen LogP contribution in [0.3, 0.4) is 0 Å². The van der Waals surface area contributed by atoms with Crippen molar-refractivity contribution in [1.82, 2.24) is 20.8 Å². The van der Waals surface area contributed by atoms with Gasteiger partial charge >= 0.3 is 35.6 Å². The molecular weight excluding hydrogens is 331 g/mol. The number of nitrogens with zero attached hydrogens (tertiary/aromatic N) is 2. The molecule has 2 heterocycles. The van der Waals surface area contributed by atoms with Gasteiger partial charge in [-0.1, -0.05) is 0 Å². The predicted octanol–water partition coefficient (Wildman–Crippen LogP) is -5.18. The number of hydrogen-bond donors (Lipinski definition) is 2. The van der Waals surface area contributed by atoms with Crippen LogP contribution in [0, 0.1) is 0 Å². The molecule has 0 unspecified atom stereocenters. The van der Waals surface area contributed by atoms with Crippen molar-refractivity contribution >= 4 is 28.2 Å². The fourth-order valence-electron chi connectivity index (χ4n) is 2.33. The molecule has 2 rings (SSSR count). The minimum Gasteiger partial charge on any atom is -0.724 e. The van der Waals surface area contributed by atoms with Gasteiger partial charge in [-0.25, -0.2) is 13.2 Å². The molecule has 118 valence electrons. The first-order chi connectivity index (χ1) is 9.69. The Balaban J connectivity index is 0.00000242. The summed E-state index contributed by atoms with van der Waals surface area (Å²) >= 11 is 0. The molecule has 2 aliphatic rings. The maximum Gasteiger partial charge on any atom is 1.00 e. The van der Waals surface area contributed by atoms with Crippen LogP contribution < -0.4 is 40.4 Å². The molecule has 2 bridgehead atoms. The smallest absolute Gasteiger partial charge is 0.724 e. The number of piperidine rings is 1. The van der Waals surface area contributed by atoms with E-state index in [1.165, 1.54) is 6.92 Å². The minimum atomic E-state index is -5.07. The Bertz CT molecular complexity index is 583. The zero-order valence-electron chi connectivity index (χ0n) is 11.9. The number of nitrogens with one attached hydrogen (secondary N) is 2. The van der Waals surface area contributed by atoms with Crippen LogP contribution in [-0.2, 0) is 24.3 Å². The molecule has 2 atom stereocenters. The van der Waals surface area contributed by atoms with Crippen LogP contribution in [0.5, 0.6) is 0 Å². The zero-order valence-corrected chi connectivity index (χ0v) is 14.8. The van der Waals surface area contributed by atoms with Gasteiger partial charge in [-0.3, -0.25) is 20.4 Å². The van der Waals surface area contributed by atoms with Crippen LogP contribution in [0.4, 0.5) is 4.79 Å². The second-order valence-electron chi connectivity index (χ2n) is 4.66. The third-order valence-electron chi connectivity index (χ3n) is 3.16. The Labute approximate surface area is 148 Å². The number of urea groups is 1. The molecule has 4 amide bonds. The van der Waals surface area contributed by atoms with Crippen molar-refractivity contribution in [3.63, 3.8) is 0 Å². The molecule has 2 aliphatic heterocycles. The van der Waals surface area contributed by atoms with Crippen molar-refractivity contribution in [2.75, 3.05) is 6.54 Å². The SMILES string of the molecule is CC(=O)NNC(=O)[C@@H]1CC[C@@H]2CN1C(=O)N2OS(=O)(=O)[O-].[Na+]. The monoisotopic (exact) mass is 344 g/mol. The van der Waals surface area contributed by atoms with Gasteiger partial charge in [0.15, 0.2) is 0 Å². The van der Waals surface area contributed by atoms with E-state index in [4.69, 9.17) is 0 Å². The van der Waals surface area contributed by atoms with Crippen LogP contribution in [0.2, 0.25) is 0 Å². The molecule has 22 heavy (non-hydrogen) atoms. The number of fused-ring (bicyclic) bond motifs is 2. The van der Waals surface area contributed by atoms with E-state index in [0.29, 0.717) is 5.06 Å². The first-order valence-corrected chi connectivity index (χ1v) is 7.34. The number of hydrazine groups is 1. The first-order valence-electron chi connectivity index (χ1n) is 6.00. The molecule has 0 aromatic rings. The van der Waals surface area contributed by atoms with E-state index in [0.717, 1.165) is 4.90 Å². The Morgan fingerprint density at radius 1 is 1.32 bits per heavy atom. The van der Waals surface area contributed by atoms with E-state index in [1.807, 2.05) is 0 Å². The molecule has 13 heteroatoms. The van der Waals surface area contributed by atoms with E-state index >= 15 is 0 Å². The number of carbonyl (C=O) groups is 3. The maximum absolute atomic E-state index is 12.0. The van der Waals surface area contributed by atoms with Crippen molar-refractivity contribution in [2.45, 2.75) is 31.8 Å². The predicted molar refractivity (Wildman–Crippen MR) is 63.5 cm³/mol. The van der Waals surface area contributed by atoms with Gasteiger partial charge in [-0.15, -0.1) is 0 Å². The number of hydrogen-bond acceptors (Lipinski definition) is 7. The third kappa shape index (κ3) is 4.30. The summed E-state index contributed by atoms with van der Waals surface area (Å²) in [6.07, 6.45) is 0.538. The zero-order chi connectivity index (χ0) is 15.8. The largest absolute Gasteiger partial charge is 1.00 e. The average Bonchev–Trinajstić information content (AvgIpc) is 2.60. The van der Waals surface area contributed by atoms with E-state index < -0.39 is 40.3 Å². The van der Waals surface area contributed by atoms with Gasteiger partial charge in [0.1, 0.15) is 6.04 Å². The average molecular weight is 344 g/mol. The van der Waals surface area contributed by atoms with Crippen molar-refractivity contribution in [3.8, 4) is 0 Å². The molecule has 0 aliphatic carbocycles. The fraction of sp³-hybridized carbons (Fsp3) is 0.667. The Hall–Kier alpha value is -0.920. The molecule has 2 saturated heterocycles. The molecule has 2 fully saturated rings. The number of rotatable bonds is 3. The quantitative estimate of drug-likeness (QED) is 0.225. The summed E-state index contributed by atoms with van der Waals surface area (Å²) in [5, 5.41) is 0.480. The summed E-state index contributed by atoms with van der Waals surface area (Å²) in [7, 11) is -5.07. The molecule has 0 spiro atoms. The van der Waals surface area contributed by atoms with Gasteiger partial charge < -0.3 is 9.45 Å². The Morgan fingerprint density at radius 2 is 1.95 bits per heavy atom. The van der Waals surface area contributed by atoms with Gasteiger partial charge in [0, 0.05) is 13.5 Å². The van der Waals surface area contributed by atoms with Crippen LogP contribution in [0.1, 0.15) is 19.8 Å². The van der Waals surface area contributed by atoms with Crippen molar-refractivity contribution in [1.29, 1.82) is 0 Å². The summed E-state index contributed by atoms with van der Waals surface area (Å²) in [4.78, 5) is 35.7. The van der Waals surface area contributed by atoms with Gasteiger partial charge in [-0.05, 0) is 12.8 Å². The Kier molecular flexibility index (Phi) is 6.18. The maximum atomic E-state index is 12.0. The van der Waals surface area contributed by atoms with E-state index in [2.05, 4.69) is 15.1 Å². The standard InChI is InChI=1S/C9H14N4O7S.Na/c1-5(14)10-11-8(15)7-3-2-6-4-12(7)9(16)13(6)20-21(17,18)19;/h6-7H,2-4H2,1H3,(H,10,14)(H,11,15)(H,17,18,19);/q;+1/p-1/t6-,7+;/m1./s1. The minimum absolute atomic E-state index is 0. The summed E-state index contributed by atoms with van der Waals surface area (Å²) in [5.74, 6) is -1.09. The van der Waals surface area contributed by atoms with Gasteiger partial charge in [-0.2, -0.15) is 9.35 Å². The van der Waals surface area contributed by atoms with Crippen LogP contribution >= 0.6 is 0 Å². The number of amides is 4. The molecule has 0 aromatic carbocycles. The second-order valence-corrected chi connectivity index (χ2v) is 5.63. The molecule has 0 saturated carbocycles. The summed E-state index contributed by atoms with van der Waals surface area (Å²) in [6, 6.07) is -2.35. The summed E-state index contributed by atoms with van der Waals surface area (Å²) < 4.78 is 35.9. The molecule has 11 nitrogen and oxygen atoms in total. The van der Waals surface area contributed by atoms with Gasteiger partial charge in [0.05, 0.1) is 6.04 Å². The number of carbonyl (C=O) groups excluding carboxylic acids is 3. The van der Waals surface area contributed by atoms with E-state index in [9.17, 15) is 27.4 Å². The van der Waals surface area contributed by atoms with Crippen LogP contribution in [0.25, 0.3) is 0 Å². The summed E-state index contributed by atoms with van der Waals surface area (Å²) in [5.41, 5.74) is 4.24. The molecule has 0 radical (unpaired) electrons. The fourth-order valence-corrected chi connectivity index (χ4v) is 2.72. The number of hydroxylamine groups is 2. The topological polar surface area (TPSA) is 148 Å². The second kappa shape index (κ2) is 7.10. The summed E-state index contributed by atoms with van der Waals surface area (Å²) in [6.45, 7) is 1.26. The van der Waals surface area contributed by atoms with Gasteiger partial charge in [0.25, 0.3) is 5.91 Å². The van der Waals surface area contributed by atoms with Gasteiger partial charge in [0.2, 0.25) is 16.3 Å². The molecule has 2 N–H and O–H groups in total. The van der Waals surface area contributed by atoms with E-state index in [-0.39, 0.29) is 48.9 Å². The van der Waals surface area contributed by atoms with Crippen molar-refractivity contribution in [3.05, 3.63) is 0 Å².